The van der Waals surface area contributed by atoms with E-state index in [9.17, 15) is 22.4 Å². The molecule has 34 heavy (non-hydrogen) atoms. The second-order valence-corrected chi connectivity index (χ2v) is 7.80. The Morgan fingerprint density at radius 3 is 2.47 bits per heavy atom. The van der Waals surface area contributed by atoms with E-state index in [0.717, 1.165) is 5.56 Å². The van der Waals surface area contributed by atoms with Crippen LogP contribution in [-0.2, 0) is 13.2 Å². The van der Waals surface area contributed by atoms with Crippen molar-refractivity contribution in [2.45, 2.75) is 13.2 Å². The van der Waals surface area contributed by atoms with Gasteiger partial charge in [-0.3, -0.25) is 9.48 Å². The molecule has 2 aromatic carbocycles. The maximum absolute atomic E-state index is 13.7. The molecule has 0 unspecified atom stereocenters. The van der Waals surface area contributed by atoms with Gasteiger partial charge >= 0.3 is 0 Å². The standard InChI is InChI=1S/C22H13Cl2F4N3O3/c23-14-3-1-11(5-15(14)24)8-31-9-12(7-29-31)30-22(32)18-4-2-13(34-18)10-33-21-19(27)16(25)6-17(26)20(21)28/h1-7,9H,8,10H2,(H,30,32). The summed E-state index contributed by atoms with van der Waals surface area (Å²) >= 11 is 11.9. The first-order valence-electron chi connectivity index (χ1n) is 9.53. The average molecular weight is 514 g/mol. The van der Waals surface area contributed by atoms with E-state index in [4.69, 9.17) is 32.4 Å². The van der Waals surface area contributed by atoms with Crippen LogP contribution in [0.1, 0.15) is 21.9 Å². The van der Waals surface area contributed by atoms with Gasteiger partial charge in [0.2, 0.25) is 11.6 Å². The molecule has 4 aromatic rings. The lowest BCUT2D eigenvalue weighted by Crippen LogP contribution is -2.10. The number of ether oxygens (including phenoxy) is 1. The van der Waals surface area contributed by atoms with E-state index < -0.39 is 41.5 Å². The number of rotatable bonds is 7. The SMILES string of the molecule is O=C(Nc1cnn(Cc2ccc(Cl)c(Cl)c2)c1)c1ccc(COc2c(F)c(F)cc(F)c2F)o1. The lowest BCUT2D eigenvalue weighted by Gasteiger charge is -2.08. The molecule has 2 heterocycles. The molecule has 2 aromatic heterocycles. The number of benzene rings is 2. The molecule has 0 fully saturated rings. The Morgan fingerprint density at radius 2 is 1.76 bits per heavy atom. The van der Waals surface area contributed by atoms with Crippen LogP contribution >= 0.6 is 23.2 Å². The van der Waals surface area contributed by atoms with Crippen LogP contribution in [0.4, 0.5) is 23.2 Å². The van der Waals surface area contributed by atoms with Gasteiger partial charge in [0.25, 0.3) is 5.91 Å². The van der Waals surface area contributed by atoms with Crippen molar-refractivity contribution in [1.82, 2.24) is 9.78 Å². The second kappa shape index (κ2) is 9.78. The van der Waals surface area contributed by atoms with E-state index in [1.54, 1.807) is 29.1 Å². The number of halogens is 6. The fourth-order valence-electron chi connectivity index (χ4n) is 2.93. The molecule has 0 saturated carbocycles. The third-order valence-electron chi connectivity index (χ3n) is 4.54. The normalized spacial score (nSPS) is 11.0. The predicted molar refractivity (Wildman–Crippen MR) is 115 cm³/mol. The Kier molecular flexibility index (Phi) is 6.80. The van der Waals surface area contributed by atoms with E-state index in [0.29, 0.717) is 22.3 Å². The van der Waals surface area contributed by atoms with Crippen LogP contribution in [0.5, 0.6) is 5.75 Å². The van der Waals surface area contributed by atoms with Crippen LogP contribution in [-0.4, -0.2) is 15.7 Å². The van der Waals surface area contributed by atoms with E-state index in [-0.39, 0.29) is 17.6 Å². The summed E-state index contributed by atoms with van der Waals surface area (Å²) < 4.78 is 65.5. The molecule has 6 nitrogen and oxygen atoms in total. The number of amides is 1. The number of hydrogen-bond donors (Lipinski definition) is 1. The molecule has 0 atom stereocenters. The van der Waals surface area contributed by atoms with Gasteiger partial charge in [-0.05, 0) is 29.8 Å². The largest absolute Gasteiger partial charge is 0.479 e. The number of aromatic nitrogens is 2. The molecule has 0 bridgehead atoms. The van der Waals surface area contributed by atoms with E-state index >= 15 is 0 Å². The van der Waals surface area contributed by atoms with E-state index in [2.05, 4.69) is 10.4 Å². The Balaban J connectivity index is 1.37. The fraction of sp³-hybridized carbons (Fsp3) is 0.0909. The first kappa shape index (κ1) is 23.7. The maximum Gasteiger partial charge on any atom is 0.291 e. The molecule has 0 spiro atoms. The highest BCUT2D eigenvalue weighted by Crippen LogP contribution is 2.27. The number of hydrogen-bond acceptors (Lipinski definition) is 4. The molecule has 0 aliphatic carbocycles. The summed E-state index contributed by atoms with van der Waals surface area (Å²) in [6.45, 7) is -0.200. The summed E-state index contributed by atoms with van der Waals surface area (Å²) in [7, 11) is 0. The van der Waals surface area contributed by atoms with Crippen molar-refractivity contribution in [1.29, 1.82) is 0 Å². The lowest BCUT2D eigenvalue weighted by atomic mass is 10.2. The Hall–Kier alpha value is -3.50. The van der Waals surface area contributed by atoms with E-state index in [1.807, 2.05) is 0 Å². The molecule has 4 rings (SSSR count). The van der Waals surface area contributed by atoms with Crippen molar-refractivity contribution in [2.24, 2.45) is 0 Å². The Labute approximate surface area is 199 Å². The smallest absolute Gasteiger partial charge is 0.291 e. The summed E-state index contributed by atoms with van der Waals surface area (Å²) in [4.78, 5) is 12.4. The van der Waals surface area contributed by atoms with Gasteiger partial charge in [-0.2, -0.15) is 13.9 Å². The van der Waals surface area contributed by atoms with Crippen molar-refractivity contribution < 1.29 is 31.5 Å². The quantitative estimate of drug-likeness (QED) is 0.235. The van der Waals surface area contributed by atoms with Crippen molar-refractivity contribution >= 4 is 34.8 Å². The minimum atomic E-state index is -1.68. The number of furan rings is 1. The summed E-state index contributed by atoms with van der Waals surface area (Å²) in [5, 5.41) is 7.57. The third-order valence-corrected chi connectivity index (χ3v) is 5.27. The zero-order chi connectivity index (χ0) is 24.4. The number of carbonyl (C=O) groups is 1. The highest BCUT2D eigenvalue weighted by molar-refractivity contribution is 6.42. The van der Waals surface area contributed by atoms with Crippen LogP contribution in [0.15, 0.2) is 53.2 Å². The first-order valence-corrected chi connectivity index (χ1v) is 10.3. The maximum atomic E-state index is 13.7. The predicted octanol–water partition coefficient (Wildman–Crippen LogP) is 6.22. The molecule has 0 radical (unpaired) electrons. The number of carbonyl (C=O) groups excluding carboxylic acids is 1. The van der Waals surface area contributed by atoms with Crippen molar-refractivity contribution in [3.05, 3.63) is 99.2 Å². The summed E-state index contributed by atoms with van der Waals surface area (Å²) in [5.74, 6) is -8.57. The number of nitrogens with one attached hydrogen (secondary N) is 1. The summed E-state index contributed by atoms with van der Waals surface area (Å²) in [5.41, 5.74) is 1.22. The van der Waals surface area contributed by atoms with Gasteiger partial charge in [0, 0.05) is 12.3 Å². The lowest BCUT2D eigenvalue weighted by molar-refractivity contribution is 0.0992. The zero-order valence-corrected chi connectivity index (χ0v) is 18.4. The topological polar surface area (TPSA) is 69.3 Å². The third kappa shape index (κ3) is 5.18. The fourth-order valence-corrected chi connectivity index (χ4v) is 3.25. The van der Waals surface area contributed by atoms with Gasteiger partial charge < -0.3 is 14.5 Å². The van der Waals surface area contributed by atoms with Crippen molar-refractivity contribution in [2.75, 3.05) is 5.32 Å². The van der Waals surface area contributed by atoms with Crippen molar-refractivity contribution in [3.8, 4) is 5.75 Å². The van der Waals surface area contributed by atoms with Crippen LogP contribution in [0, 0.1) is 23.3 Å². The van der Waals surface area contributed by atoms with Crippen LogP contribution in [0.3, 0.4) is 0 Å². The monoisotopic (exact) mass is 513 g/mol. The minimum absolute atomic E-state index is 0.0102. The molecule has 0 aliphatic heterocycles. The van der Waals surface area contributed by atoms with Gasteiger partial charge in [-0.25, -0.2) is 8.78 Å². The first-order chi connectivity index (χ1) is 16.2. The second-order valence-electron chi connectivity index (χ2n) is 6.98. The van der Waals surface area contributed by atoms with Crippen molar-refractivity contribution in [3.63, 3.8) is 0 Å². The van der Waals surface area contributed by atoms with Gasteiger partial charge in [0.05, 0.1) is 28.5 Å². The number of nitrogens with zero attached hydrogens (tertiary/aromatic N) is 2. The highest BCUT2D eigenvalue weighted by atomic mass is 35.5. The molecule has 0 aliphatic rings. The molecule has 1 amide bonds. The molecule has 12 heteroatoms. The summed E-state index contributed by atoms with van der Waals surface area (Å²) in [6, 6.07) is 7.83. The Morgan fingerprint density at radius 1 is 1.03 bits per heavy atom. The molecule has 0 saturated heterocycles. The molecular formula is C22H13Cl2F4N3O3. The average Bonchev–Trinajstić information content (AvgIpc) is 3.44. The zero-order valence-electron chi connectivity index (χ0n) is 16.9. The van der Waals surface area contributed by atoms with Gasteiger partial charge in [-0.1, -0.05) is 29.3 Å². The van der Waals surface area contributed by atoms with Gasteiger partial charge in [0.1, 0.15) is 12.4 Å². The number of anilines is 1. The van der Waals surface area contributed by atoms with Gasteiger partial charge in [-0.15, -0.1) is 0 Å². The molecular weight excluding hydrogens is 501 g/mol. The van der Waals surface area contributed by atoms with Crippen LogP contribution in [0.25, 0.3) is 0 Å². The van der Waals surface area contributed by atoms with Gasteiger partial charge in [0.15, 0.2) is 23.1 Å². The molecule has 176 valence electrons. The molecule has 1 N–H and O–H groups in total. The summed E-state index contributed by atoms with van der Waals surface area (Å²) in [6.07, 6.45) is 3.00. The van der Waals surface area contributed by atoms with E-state index in [1.165, 1.54) is 18.3 Å². The van der Waals surface area contributed by atoms with Crippen LogP contribution < -0.4 is 10.1 Å². The Bertz CT molecular complexity index is 1350. The van der Waals surface area contributed by atoms with Crippen LogP contribution in [0.2, 0.25) is 10.0 Å². The minimum Gasteiger partial charge on any atom is -0.479 e. The highest BCUT2D eigenvalue weighted by Gasteiger charge is 2.21.